The molecule has 0 bridgehead atoms. The van der Waals surface area contributed by atoms with Crippen molar-refractivity contribution in [2.24, 2.45) is 5.84 Å². The molecule has 0 aliphatic heterocycles. The minimum Gasteiger partial charge on any atom is -0.497 e. The molecule has 3 nitrogen and oxygen atoms in total. The van der Waals surface area contributed by atoms with Gasteiger partial charge in [-0.3, -0.25) is 11.3 Å². The average Bonchev–Trinajstić information content (AvgIpc) is 2.47. The first-order chi connectivity index (χ1) is 9.63. The molecule has 1 unspecified atom stereocenters. The van der Waals surface area contributed by atoms with Crippen LogP contribution in [0.1, 0.15) is 17.2 Å². The van der Waals surface area contributed by atoms with Gasteiger partial charge in [-0.2, -0.15) is 0 Å². The van der Waals surface area contributed by atoms with E-state index in [9.17, 15) is 4.39 Å². The fourth-order valence-corrected chi connectivity index (χ4v) is 2.26. The topological polar surface area (TPSA) is 47.3 Å². The lowest BCUT2D eigenvalue weighted by Crippen LogP contribution is -2.30. The number of nitrogens with two attached hydrogens (primary N) is 1. The van der Waals surface area contributed by atoms with Gasteiger partial charge in [0.05, 0.1) is 13.2 Å². The standard InChI is InChI=1S/C15H16ClFN2O/c1-20-12-4-2-3-10(7-12)8-15(19-18)13-9-11(16)5-6-14(13)17/h2-7,9,15,19H,8,18H2,1H3. The normalized spacial score (nSPS) is 12.2. The van der Waals surface area contributed by atoms with E-state index in [-0.39, 0.29) is 11.9 Å². The quantitative estimate of drug-likeness (QED) is 0.657. The molecule has 0 spiro atoms. The number of ether oxygens (including phenoxy) is 1. The molecule has 20 heavy (non-hydrogen) atoms. The van der Waals surface area contributed by atoms with Gasteiger partial charge < -0.3 is 4.74 Å². The van der Waals surface area contributed by atoms with Crippen molar-refractivity contribution >= 4 is 11.6 Å². The lowest BCUT2D eigenvalue weighted by Gasteiger charge is -2.18. The van der Waals surface area contributed by atoms with E-state index in [1.807, 2.05) is 24.3 Å². The van der Waals surface area contributed by atoms with Crippen molar-refractivity contribution in [1.82, 2.24) is 5.43 Å². The maximum Gasteiger partial charge on any atom is 0.128 e. The third-order valence-electron chi connectivity index (χ3n) is 3.11. The number of benzene rings is 2. The van der Waals surface area contributed by atoms with E-state index in [1.54, 1.807) is 13.2 Å². The highest BCUT2D eigenvalue weighted by molar-refractivity contribution is 6.30. The van der Waals surface area contributed by atoms with Crippen LogP contribution in [0.3, 0.4) is 0 Å². The van der Waals surface area contributed by atoms with Crippen LogP contribution >= 0.6 is 11.6 Å². The number of hydrogen-bond donors (Lipinski definition) is 2. The third kappa shape index (κ3) is 3.48. The van der Waals surface area contributed by atoms with Crippen molar-refractivity contribution in [2.75, 3.05) is 7.11 Å². The molecule has 0 aliphatic rings. The van der Waals surface area contributed by atoms with Crippen LogP contribution in [0.15, 0.2) is 42.5 Å². The van der Waals surface area contributed by atoms with E-state index in [1.165, 1.54) is 12.1 Å². The van der Waals surface area contributed by atoms with Crippen LogP contribution in [0, 0.1) is 5.82 Å². The number of hydrazine groups is 1. The molecule has 2 aromatic rings. The zero-order valence-electron chi connectivity index (χ0n) is 11.1. The maximum absolute atomic E-state index is 13.9. The number of nitrogens with one attached hydrogen (secondary N) is 1. The average molecular weight is 295 g/mol. The zero-order chi connectivity index (χ0) is 14.5. The molecule has 0 aliphatic carbocycles. The Hall–Kier alpha value is -1.62. The summed E-state index contributed by atoms with van der Waals surface area (Å²) >= 11 is 5.91. The number of methoxy groups -OCH3 is 1. The Morgan fingerprint density at radius 3 is 2.80 bits per heavy atom. The minimum atomic E-state index is -0.360. The minimum absolute atomic E-state index is 0.333. The molecule has 0 fully saturated rings. The fourth-order valence-electron chi connectivity index (χ4n) is 2.08. The summed E-state index contributed by atoms with van der Waals surface area (Å²) in [6.07, 6.45) is 0.533. The largest absolute Gasteiger partial charge is 0.497 e. The summed E-state index contributed by atoms with van der Waals surface area (Å²) < 4.78 is 19.0. The maximum atomic E-state index is 13.9. The van der Waals surface area contributed by atoms with E-state index < -0.39 is 0 Å². The molecule has 0 radical (unpaired) electrons. The summed E-state index contributed by atoms with van der Waals surface area (Å²) in [6.45, 7) is 0. The molecule has 0 saturated heterocycles. The van der Waals surface area contributed by atoms with Gasteiger partial charge in [0.25, 0.3) is 0 Å². The first kappa shape index (κ1) is 14.8. The van der Waals surface area contributed by atoms with E-state index in [0.29, 0.717) is 17.0 Å². The summed E-state index contributed by atoms with van der Waals surface area (Å²) in [5.41, 5.74) is 4.07. The molecule has 1 atom stereocenters. The van der Waals surface area contributed by atoms with Gasteiger partial charge in [-0.05, 0) is 42.3 Å². The van der Waals surface area contributed by atoms with E-state index >= 15 is 0 Å². The van der Waals surface area contributed by atoms with Gasteiger partial charge in [0.1, 0.15) is 11.6 Å². The Morgan fingerprint density at radius 1 is 1.30 bits per heavy atom. The molecule has 2 rings (SSSR count). The Morgan fingerprint density at radius 2 is 2.10 bits per heavy atom. The molecule has 3 N–H and O–H groups in total. The van der Waals surface area contributed by atoms with Crippen molar-refractivity contribution in [2.45, 2.75) is 12.5 Å². The molecule has 0 aromatic heterocycles. The molecule has 0 amide bonds. The number of hydrogen-bond acceptors (Lipinski definition) is 3. The van der Waals surface area contributed by atoms with E-state index in [2.05, 4.69) is 5.43 Å². The second-order valence-corrected chi connectivity index (χ2v) is 4.88. The third-order valence-corrected chi connectivity index (χ3v) is 3.34. The van der Waals surface area contributed by atoms with Crippen LogP contribution < -0.4 is 16.0 Å². The lowest BCUT2D eigenvalue weighted by atomic mass is 9.99. The predicted octanol–water partition coefficient (Wildman–Crippen LogP) is 3.23. The van der Waals surface area contributed by atoms with Gasteiger partial charge in [0.2, 0.25) is 0 Å². The molecule has 5 heteroatoms. The van der Waals surface area contributed by atoms with Gasteiger partial charge in [-0.15, -0.1) is 0 Å². The second-order valence-electron chi connectivity index (χ2n) is 4.44. The highest BCUT2D eigenvalue weighted by Crippen LogP contribution is 2.25. The summed E-state index contributed by atoms with van der Waals surface area (Å²) in [4.78, 5) is 0. The van der Waals surface area contributed by atoms with E-state index in [0.717, 1.165) is 11.3 Å². The Bertz CT molecular complexity index is 592. The molecule has 2 aromatic carbocycles. The van der Waals surface area contributed by atoms with Gasteiger partial charge in [-0.1, -0.05) is 23.7 Å². The van der Waals surface area contributed by atoms with Crippen molar-refractivity contribution in [3.8, 4) is 5.75 Å². The zero-order valence-corrected chi connectivity index (χ0v) is 11.8. The smallest absolute Gasteiger partial charge is 0.128 e. The lowest BCUT2D eigenvalue weighted by molar-refractivity contribution is 0.413. The van der Waals surface area contributed by atoms with Crippen LogP contribution in [0.4, 0.5) is 4.39 Å². The number of rotatable bonds is 5. The van der Waals surface area contributed by atoms with Crippen molar-refractivity contribution < 1.29 is 9.13 Å². The number of halogens is 2. The molecular weight excluding hydrogens is 279 g/mol. The summed E-state index contributed by atoms with van der Waals surface area (Å²) in [5, 5.41) is 0.479. The molecule has 106 valence electrons. The van der Waals surface area contributed by atoms with Gasteiger partial charge >= 0.3 is 0 Å². The van der Waals surface area contributed by atoms with Crippen LogP contribution in [0.25, 0.3) is 0 Å². The predicted molar refractivity (Wildman–Crippen MR) is 78.2 cm³/mol. The Labute approximate surface area is 122 Å². The highest BCUT2D eigenvalue weighted by atomic mass is 35.5. The first-order valence-electron chi connectivity index (χ1n) is 6.18. The fraction of sp³-hybridized carbons (Fsp3) is 0.200. The van der Waals surface area contributed by atoms with Gasteiger partial charge in [0, 0.05) is 10.6 Å². The van der Waals surface area contributed by atoms with Crippen molar-refractivity contribution in [3.63, 3.8) is 0 Å². The Balaban J connectivity index is 2.26. The first-order valence-corrected chi connectivity index (χ1v) is 6.56. The van der Waals surface area contributed by atoms with Crippen molar-refractivity contribution in [3.05, 3.63) is 64.4 Å². The molecule has 0 heterocycles. The van der Waals surface area contributed by atoms with Gasteiger partial charge in [0.15, 0.2) is 0 Å². The van der Waals surface area contributed by atoms with Crippen LogP contribution in [0.2, 0.25) is 5.02 Å². The summed E-state index contributed by atoms with van der Waals surface area (Å²) in [5.74, 6) is 5.97. The van der Waals surface area contributed by atoms with Crippen LogP contribution in [-0.4, -0.2) is 7.11 Å². The monoisotopic (exact) mass is 294 g/mol. The van der Waals surface area contributed by atoms with Crippen molar-refractivity contribution in [1.29, 1.82) is 0 Å². The van der Waals surface area contributed by atoms with Gasteiger partial charge in [-0.25, -0.2) is 4.39 Å². The summed E-state index contributed by atoms with van der Waals surface area (Å²) in [6, 6.07) is 11.7. The Kier molecular flexibility index (Phi) is 4.95. The SMILES string of the molecule is COc1cccc(CC(NN)c2cc(Cl)ccc2F)c1. The highest BCUT2D eigenvalue weighted by Gasteiger charge is 2.16. The van der Waals surface area contributed by atoms with E-state index in [4.69, 9.17) is 22.2 Å². The molecule has 0 saturated carbocycles. The second kappa shape index (κ2) is 6.70. The molecular formula is C15H16ClFN2O. The van der Waals surface area contributed by atoms with Crippen LogP contribution in [-0.2, 0) is 6.42 Å². The summed E-state index contributed by atoms with van der Waals surface area (Å²) in [7, 11) is 1.61. The van der Waals surface area contributed by atoms with Crippen LogP contribution in [0.5, 0.6) is 5.75 Å².